The highest BCUT2D eigenvalue weighted by Crippen LogP contribution is 2.52. The van der Waals surface area contributed by atoms with E-state index < -0.39 is 24.2 Å². The van der Waals surface area contributed by atoms with E-state index in [4.69, 9.17) is 14.2 Å². The van der Waals surface area contributed by atoms with Crippen LogP contribution in [0.3, 0.4) is 0 Å². The molecule has 8 rings (SSSR count). The van der Waals surface area contributed by atoms with Gasteiger partial charge in [0.25, 0.3) is 5.91 Å². The molecule has 3 saturated heterocycles. The molecule has 11 atom stereocenters. The summed E-state index contributed by atoms with van der Waals surface area (Å²) in [5.41, 5.74) is 1.01. The van der Waals surface area contributed by atoms with Crippen LogP contribution >= 0.6 is 0 Å². The second-order valence-electron chi connectivity index (χ2n) is 14.8. The van der Waals surface area contributed by atoms with Gasteiger partial charge in [0.2, 0.25) is 0 Å². The van der Waals surface area contributed by atoms with Gasteiger partial charge < -0.3 is 29.7 Å². The summed E-state index contributed by atoms with van der Waals surface area (Å²) in [6.45, 7) is 5.40. The van der Waals surface area contributed by atoms with Crippen LogP contribution in [0.5, 0.6) is 0 Å². The number of rotatable bonds is 9. The average molecular weight is 652 g/mol. The summed E-state index contributed by atoms with van der Waals surface area (Å²) in [7, 11) is 0. The maximum atomic E-state index is 16.3. The fourth-order valence-corrected chi connectivity index (χ4v) is 9.97. The van der Waals surface area contributed by atoms with Gasteiger partial charge in [0.05, 0.1) is 61.3 Å². The normalized spacial score (nSPS) is 39.7. The van der Waals surface area contributed by atoms with E-state index in [-0.39, 0.29) is 48.0 Å². The predicted molar refractivity (Wildman–Crippen MR) is 172 cm³/mol. The summed E-state index contributed by atoms with van der Waals surface area (Å²) >= 11 is 0. The molecular formula is C36H50FN5O5. The van der Waals surface area contributed by atoms with Crippen LogP contribution in [0.2, 0.25) is 0 Å². The Morgan fingerprint density at radius 2 is 1.87 bits per heavy atom. The lowest BCUT2D eigenvalue weighted by molar-refractivity contribution is -0.209. The van der Waals surface area contributed by atoms with Crippen molar-refractivity contribution in [3.8, 4) is 0 Å². The number of pyridine rings is 1. The molecular weight excluding hydrogens is 601 g/mol. The topological polar surface area (TPSA) is 105 Å². The zero-order chi connectivity index (χ0) is 31.9. The molecule has 11 heteroatoms. The molecule has 256 valence electrons. The number of ketones is 1. The minimum atomic E-state index is -1.24. The lowest BCUT2D eigenvalue weighted by Crippen LogP contribution is -2.73. The molecule has 2 N–H and O–H groups in total. The van der Waals surface area contributed by atoms with E-state index in [0.717, 1.165) is 64.2 Å². The summed E-state index contributed by atoms with van der Waals surface area (Å²) in [6.07, 6.45) is 10.3. The van der Waals surface area contributed by atoms with Gasteiger partial charge in [0, 0.05) is 50.1 Å². The first-order valence-corrected chi connectivity index (χ1v) is 18.2. The van der Waals surface area contributed by atoms with Crippen molar-refractivity contribution in [1.82, 2.24) is 25.4 Å². The third-order valence-corrected chi connectivity index (χ3v) is 12.2. The van der Waals surface area contributed by atoms with Crippen molar-refractivity contribution in [1.29, 1.82) is 0 Å². The van der Waals surface area contributed by atoms with E-state index in [9.17, 15) is 9.59 Å². The van der Waals surface area contributed by atoms with Gasteiger partial charge in [-0.25, -0.2) is 4.39 Å². The van der Waals surface area contributed by atoms with Crippen LogP contribution in [0.4, 0.5) is 4.39 Å². The number of carbonyl (C=O) groups excluding carboxylic acids is 2. The fourth-order valence-electron chi connectivity index (χ4n) is 9.97. The van der Waals surface area contributed by atoms with Gasteiger partial charge in [-0.3, -0.25) is 19.5 Å². The van der Waals surface area contributed by atoms with Crippen LogP contribution in [-0.4, -0.2) is 121 Å². The Morgan fingerprint density at radius 3 is 2.72 bits per heavy atom. The van der Waals surface area contributed by atoms with Crippen molar-refractivity contribution in [2.24, 2.45) is 17.8 Å². The van der Waals surface area contributed by atoms with Crippen molar-refractivity contribution in [2.45, 2.75) is 107 Å². The number of hydrogen-bond acceptors (Lipinski definition) is 9. The van der Waals surface area contributed by atoms with Crippen LogP contribution in [0.15, 0.2) is 36.2 Å². The number of ether oxygens (including phenoxy) is 3. The molecule has 3 saturated carbocycles. The van der Waals surface area contributed by atoms with Gasteiger partial charge >= 0.3 is 0 Å². The Labute approximate surface area is 277 Å². The van der Waals surface area contributed by atoms with Crippen LogP contribution in [-0.2, 0) is 30.2 Å². The quantitative estimate of drug-likeness (QED) is 0.308. The van der Waals surface area contributed by atoms with Crippen molar-refractivity contribution in [3.05, 3.63) is 41.9 Å². The molecule has 0 radical (unpaired) electrons. The molecule has 0 spiro atoms. The maximum absolute atomic E-state index is 16.3. The monoisotopic (exact) mass is 651 g/mol. The number of hydrogen-bond donors (Lipinski definition) is 2. The van der Waals surface area contributed by atoms with Crippen LogP contribution in [0.25, 0.3) is 0 Å². The maximum Gasteiger partial charge on any atom is 0.256 e. The number of amides is 1. The second-order valence-corrected chi connectivity index (χ2v) is 14.8. The number of fused-ring (bicyclic) bond motifs is 5. The van der Waals surface area contributed by atoms with Gasteiger partial charge in [-0.05, 0) is 75.6 Å². The molecule has 1 aromatic heterocycles. The number of Topliss-reactive ketones (excluding diaryl/α,β-unsaturated/α-hetero) is 1. The first-order valence-electron chi connectivity index (χ1n) is 18.2. The molecule has 1 aromatic rings. The molecule has 0 bridgehead atoms. The lowest BCUT2D eigenvalue weighted by Gasteiger charge is -2.60. The number of halogens is 1. The third kappa shape index (κ3) is 6.27. The van der Waals surface area contributed by atoms with Gasteiger partial charge in [-0.15, -0.1) is 0 Å². The van der Waals surface area contributed by atoms with Crippen molar-refractivity contribution in [3.63, 3.8) is 0 Å². The smallest absolute Gasteiger partial charge is 0.256 e. The predicted octanol–water partition coefficient (Wildman–Crippen LogP) is 2.42. The summed E-state index contributed by atoms with van der Waals surface area (Å²) in [5, 5.41) is 6.51. The summed E-state index contributed by atoms with van der Waals surface area (Å²) in [4.78, 5) is 36.6. The van der Waals surface area contributed by atoms with E-state index in [1.165, 1.54) is 19.3 Å². The first kappa shape index (κ1) is 31.8. The molecule has 4 aliphatic heterocycles. The van der Waals surface area contributed by atoms with Crippen molar-refractivity contribution >= 4 is 11.7 Å². The third-order valence-electron chi connectivity index (χ3n) is 12.2. The van der Waals surface area contributed by atoms with E-state index in [1.807, 2.05) is 24.4 Å². The number of nitrogens with one attached hydrogen (secondary N) is 2. The molecule has 11 unspecified atom stereocenters. The van der Waals surface area contributed by atoms with E-state index >= 15 is 4.39 Å². The number of alkyl halides is 1. The second kappa shape index (κ2) is 13.8. The van der Waals surface area contributed by atoms with Crippen molar-refractivity contribution in [2.75, 3.05) is 45.9 Å². The Hall–Kier alpha value is -2.44. The lowest BCUT2D eigenvalue weighted by atomic mass is 9.67. The summed E-state index contributed by atoms with van der Waals surface area (Å²) in [5.74, 6) is -0.271. The standard InChI is InChI=1S/C36H50FN5O5/c37-27-18-25-33-35(32(27)39-11-5-13-41-14-16-45-17-15-41)47-31-19-24-23-7-1-2-8-29(23)46-30(24)20-28(31)42(33)21-26(34(25)43)36(44)40-12-9-22-6-3-4-10-38-22/h3-4,6,10,21,23-25,27-33,35,39H,1-2,5,7-9,11-20H2,(H,40,44). The summed E-state index contributed by atoms with van der Waals surface area (Å²) in [6, 6.07) is 4.88. The van der Waals surface area contributed by atoms with Gasteiger partial charge in [-0.1, -0.05) is 18.9 Å². The SMILES string of the molecule is O=C(NCCc1ccccn1)C1=CN2C3CC4OC5CCCCC5C4CC3OC3C(NCCCN4CCOCC4)C(F)CC(C1=O)C32. The van der Waals surface area contributed by atoms with Crippen LogP contribution in [0.1, 0.15) is 57.1 Å². The fraction of sp³-hybridized carbons (Fsp3) is 0.750. The Kier molecular flexibility index (Phi) is 9.35. The van der Waals surface area contributed by atoms with Gasteiger partial charge in [-0.2, -0.15) is 0 Å². The largest absolute Gasteiger partial charge is 0.379 e. The number of morpholine rings is 2. The molecule has 0 aromatic carbocycles. The zero-order valence-electron chi connectivity index (χ0n) is 27.3. The highest BCUT2D eigenvalue weighted by atomic mass is 19.1. The highest BCUT2D eigenvalue weighted by molar-refractivity contribution is 6.20. The molecule has 7 aliphatic rings. The summed E-state index contributed by atoms with van der Waals surface area (Å²) < 4.78 is 35.4. The van der Waals surface area contributed by atoms with E-state index in [1.54, 1.807) is 6.20 Å². The molecule has 1 amide bonds. The number of carbonyl (C=O) groups is 2. The van der Waals surface area contributed by atoms with Crippen LogP contribution < -0.4 is 10.6 Å². The molecule has 47 heavy (non-hydrogen) atoms. The number of nitrogens with zero attached hydrogens (tertiary/aromatic N) is 3. The highest BCUT2D eigenvalue weighted by Gasteiger charge is 2.61. The van der Waals surface area contributed by atoms with E-state index in [0.29, 0.717) is 37.5 Å². The zero-order valence-corrected chi connectivity index (χ0v) is 27.3. The molecule has 5 heterocycles. The molecule has 6 fully saturated rings. The van der Waals surface area contributed by atoms with Gasteiger partial charge in [0.1, 0.15) is 6.17 Å². The van der Waals surface area contributed by atoms with Crippen molar-refractivity contribution < 1.29 is 28.2 Å². The van der Waals surface area contributed by atoms with Crippen LogP contribution in [0, 0.1) is 17.8 Å². The minimum Gasteiger partial charge on any atom is -0.379 e. The Morgan fingerprint density at radius 1 is 1.00 bits per heavy atom. The first-order chi connectivity index (χ1) is 23.0. The Bertz CT molecular complexity index is 1310. The molecule has 3 aliphatic carbocycles. The Balaban J connectivity index is 1.02. The van der Waals surface area contributed by atoms with Gasteiger partial charge in [0.15, 0.2) is 5.78 Å². The minimum absolute atomic E-state index is 0.0114. The van der Waals surface area contributed by atoms with E-state index in [2.05, 4.69) is 25.4 Å². The average Bonchev–Trinajstić information content (AvgIpc) is 3.46. The number of aromatic nitrogens is 1. The molecule has 10 nitrogen and oxygen atoms in total.